The minimum atomic E-state index is -1.21. The molecule has 1 aromatic carbocycles. The number of carboxylic acid groups (broad SMARTS) is 1. The van der Waals surface area contributed by atoms with Gasteiger partial charge in [-0.3, -0.25) is 19.3 Å². The topological polar surface area (TPSA) is 110 Å². The molecule has 8 heteroatoms. The molecule has 1 aromatic rings. The third kappa shape index (κ3) is 5.64. The van der Waals surface area contributed by atoms with Gasteiger partial charge in [0.05, 0.1) is 0 Å². The fourth-order valence-corrected chi connectivity index (χ4v) is 4.36. The number of carbonyl (C=O) groups excluding carboxylic acids is 2. The molecule has 0 atom stereocenters. The zero-order valence-corrected chi connectivity index (χ0v) is 18.1. The Hall–Kier alpha value is -2.87. The maximum atomic E-state index is 13.1. The summed E-state index contributed by atoms with van der Waals surface area (Å²) in [4.78, 5) is 40.3. The summed E-state index contributed by atoms with van der Waals surface area (Å²) < 4.78 is 0. The zero-order valence-electron chi connectivity index (χ0n) is 18.1. The second-order valence-corrected chi connectivity index (χ2v) is 9.01. The van der Waals surface area contributed by atoms with Crippen LogP contribution in [0.3, 0.4) is 0 Å². The lowest BCUT2D eigenvalue weighted by molar-refractivity contribution is -0.140. The van der Waals surface area contributed by atoms with Crippen molar-refractivity contribution in [1.29, 1.82) is 0 Å². The smallest absolute Gasteiger partial charge is 0.322 e. The van der Waals surface area contributed by atoms with E-state index in [2.05, 4.69) is 22.3 Å². The molecular weight excluding hydrogens is 398 g/mol. The first-order valence-electron chi connectivity index (χ1n) is 10.7. The Balaban J connectivity index is 1.62. The number of aliphatic hydroxyl groups is 1. The van der Waals surface area contributed by atoms with Crippen molar-refractivity contribution in [3.8, 4) is 0 Å². The molecule has 1 fully saturated rings. The van der Waals surface area contributed by atoms with Crippen LogP contribution in [0.1, 0.15) is 38.7 Å². The summed E-state index contributed by atoms with van der Waals surface area (Å²) in [7, 11) is 0. The van der Waals surface area contributed by atoms with Crippen LogP contribution in [0, 0.1) is 5.92 Å². The fraction of sp³-hybridized carbons (Fsp3) is 0.522. The van der Waals surface area contributed by atoms with Crippen LogP contribution in [-0.2, 0) is 20.9 Å². The monoisotopic (exact) mass is 429 g/mol. The van der Waals surface area contributed by atoms with E-state index in [9.17, 15) is 19.5 Å². The Morgan fingerprint density at radius 2 is 1.81 bits per heavy atom. The first kappa shape index (κ1) is 22.8. The van der Waals surface area contributed by atoms with Crippen molar-refractivity contribution < 1.29 is 24.6 Å². The standard InChI is InChI=1S/C23H31N3O5/c1-23(2)12-18(27)20(21(30)24-13-19(28)29)22(31)26(23)15-17-8-10-25(11-9-17)14-16-6-4-3-5-7-16/h3-7,17,27H,8-15H2,1-2H3,(H,24,30)(H,28,29). The normalized spacial score (nSPS) is 20.1. The molecule has 3 rings (SSSR count). The maximum absolute atomic E-state index is 13.1. The molecule has 0 radical (unpaired) electrons. The van der Waals surface area contributed by atoms with Crippen LogP contribution in [0.4, 0.5) is 0 Å². The minimum absolute atomic E-state index is 0.154. The highest BCUT2D eigenvalue weighted by atomic mass is 16.4. The molecule has 0 unspecified atom stereocenters. The molecule has 2 aliphatic heterocycles. The number of amides is 2. The van der Waals surface area contributed by atoms with Crippen molar-refractivity contribution in [2.24, 2.45) is 5.92 Å². The van der Waals surface area contributed by atoms with E-state index in [1.807, 2.05) is 32.0 Å². The number of nitrogens with one attached hydrogen (secondary N) is 1. The molecule has 1 saturated heterocycles. The van der Waals surface area contributed by atoms with Gasteiger partial charge in [-0.25, -0.2) is 0 Å². The molecule has 2 aliphatic rings. The second kappa shape index (κ2) is 9.51. The van der Waals surface area contributed by atoms with Crippen LogP contribution in [0.25, 0.3) is 0 Å². The number of nitrogens with zero attached hydrogens (tertiary/aromatic N) is 2. The van der Waals surface area contributed by atoms with E-state index in [0.717, 1.165) is 32.5 Å². The number of likely N-dealkylation sites (tertiary alicyclic amines) is 1. The summed E-state index contributed by atoms with van der Waals surface area (Å²) in [5, 5.41) is 21.3. The van der Waals surface area contributed by atoms with Gasteiger partial charge in [0, 0.05) is 25.0 Å². The molecule has 0 saturated carbocycles. The van der Waals surface area contributed by atoms with Crippen LogP contribution >= 0.6 is 0 Å². The summed E-state index contributed by atoms with van der Waals surface area (Å²) >= 11 is 0. The van der Waals surface area contributed by atoms with Crippen LogP contribution in [-0.4, -0.2) is 69.5 Å². The highest BCUT2D eigenvalue weighted by Crippen LogP contribution is 2.33. The second-order valence-electron chi connectivity index (χ2n) is 9.01. The molecule has 3 N–H and O–H groups in total. The number of hydrogen-bond donors (Lipinski definition) is 3. The fourth-order valence-electron chi connectivity index (χ4n) is 4.36. The van der Waals surface area contributed by atoms with Crippen molar-refractivity contribution in [2.75, 3.05) is 26.2 Å². The predicted octanol–water partition coefficient (Wildman–Crippen LogP) is 1.92. The molecule has 168 valence electrons. The Kier molecular flexibility index (Phi) is 7.00. The van der Waals surface area contributed by atoms with Gasteiger partial charge in [0.15, 0.2) is 0 Å². The SMILES string of the molecule is CC1(C)CC(O)=C(C(=O)NCC(=O)O)C(=O)N1CC1CCN(Cc2ccccc2)CC1. The summed E-state index contributed by atoms with van der Waals surface area (Å²) in [5.41, 5.74) is 0.312. The van der Waals surface area contributed by atoms with E-state index >= 15 is 0 Å². The Morgan fingerprint density at radius 3 is 2.42 bits per heavy atom. The summed E-state index contributed by atoms with van der Waals surface area (Å²) in [6.07, 6.45) is 2.05. The van der Waals surface area contributed by atoms with E-state index in [1.165, 1.54) is 5.56 Å². The van der Waals surface area contributed by atoms with E-state index in [-0.39, 0.29) is 17.8 Å². The van der Waals surface area contributed by atoms with Crippen molar-refractivity contribution in [3.63, 3.8) is 0 Å². The third-order valence-corrected chi connectivity index (χ3v) is 6.10. The highest BCUT2D eigenvalue weighted by molar-refractivity contribution is 6.19. The number of hydrogen-bond acceptors (Lipinski definition) is 5. The summed E-state index contributed by atoms with van der Waals surface area (Å²) in [5.74, 6) is -2.58. The molecule has 0 bridgehead atoms. The number of carbonyl (C=O) groups is 3. The van der Waals surface area contributed by atoms with Crippen molar-refractivity contribution in [2.45, 2.75) is 45.2 Å². The van der Waals surface area contributed by atoms with Gasteiger partial charge in [-0.1, -0.05) is 30.3 Å². The van der Waals surface area contributed by atoms with Crippen molar-refractivity contribution in [3.05, 3.63) is 47.2 Å². The summed E-state index contributed by atoms with van der Waals surface area (Å²) in [6.45, 7) is 6.44. The largest absolute Gasteiger partial charge is 0.511 e. The first-order chi connectivity index (χ1) is 14.7. The Labute approximate surface area is 182 Å². The van der Waals surface area contributed by atoms with Gasteiger partial charge in [-0.05, 0) is 51.3 Å². The molecule has 0 spiro atoms. The van der Waals surface area contributed by atoms with E-state index in [0.29, 0.717) is 12.5 Å². The van der Waals surface area contributed by atoms with Crippen LogP contribution in [0.5, 0.6) is 0 Å². The van der Waals surface area contributed by atoms with Crippen molar-refractivity contribution in [1.82, 2.24) is 15.1 Å². The lowest BCUT2D eigenvalue weighted by Crippen LogP contribution is -2.56. The number of piperidine rings is 1. The maximum Gasteiger partial charge on any atom is 0.322 e. The summed E-state index contributed by atoms with van der Waals surface area (Å²) in [6, 6.07) is 10.3. The zero-order chi connectivity index (χ0) is 22.6. The molecule has 0 aliphatic carbocycles. The number of rotatable bonds is 7. The van der Waals surface area contributed by atoms with Gasteiger partial charge in [0.25, 0.3) is 11.8 Å². The van der Waals surface area contributed by atoms with Gasteiger partial charge >= 0.3 is 5.97 Å². The average molecular weight is 430 g/mol. The molecule has 31 heavy (non-hydrogen) atoms. The molecule has 2 amide bonds. The molecule has 0 aromatic heterocycles. The quantitative estimate of drug-likeness (QED) is 0.571. The van der Waals surface area contributed by atoms with Gasteiger partial charge in [0.2, 0.25) is 0 Å². The third-order valence-electron chi connectivity index (χ3n) is 6.10. The van der Waals surface area contributed by atoms with Crippen molar-refractivity contribution >= 4 is 17.8 Å². The molecule has 2 heterocycles. The van der Waals surface area contributed by atoms with E-state index in [1.54, 1.807) is 4.90 Å². The Morgan fingerprint density at radius 1 is 1.16 bits per heavy atom. The van der Waals surface area contributed by atoms with Gasteiger partial charge < -0.3 is 20.4 Å². The highest BCUT2D eigenvalue weighted by Gasteiger charge is 2.43. The number of benzene rings is 1. The average Bonchev–Trinajstić information content (AvgIpc) is 2.71. The van der Waals surface area contributed by atoms with Gasteiger partial charge in [-0.2, -0.15) is 0 Å². The molecular formula is C23H31N3O5. The predicted molar refractivity (Wildman–Crippen MR) is 115 cm³/mol. The first-order valence-corrected chi connectivity index (χ1v) is 10.7. The molecule has 8 nitrogen and oxygen atoms in total. The lowest BCUT2D eigenvalue weighted by Gasteiger charge is -2.45. The van der Waals surface area contributed by atoms with Gasteiger partial charge in [0.1, 0.15) is 17.9 Å². The van der Waals surface area contributed by atoms with Crippen LogP contribution in [0.2, 0.25) is 0 Å². The number of aliphatic carboxylic acids is 1. The number of aliphatic hydroxyl groups excluding tert-OH is 1. The Bertz CT molecular complexity index is 857. The van der Waals surface area contributed by atoms with Crippen LogP contribution in [0.15, 0.2) is 41.7 Å². The van der Waals surface area contributed by atoms with Gasteiger partial charge in [-0.15, -0.1) is 0 Å². The van der Waals surface area contributed by atoms with E-state index in [4.69, 9.17) is 5.11 Å². The van der Waals surface area contributed by atoms with Crippen LogP contribution < -0.4 is 5.32 Å². The number of carboxylic acids is 1. The van der Waals surface area contributed by atoms with E-state index < -0.39 is 29.9 Å². The lowest BCUT2D eigenvalue weighted by atomic mass is 9.86. The minimum Gasteiger partial charge on any atom is -0.511 e.